The average molecular weight is 358 g/mol. The highest BCUT2D eigenvalue weighted by molar-refractivity contribution is 5.50. The van der Waals surface area contributed by atoms with E-state index in [1.165, 1.54) is 24.3 Å². The number of nitrogen functional groups attached to an aromatic ring is 2. The van der Waals surface area contributed by atoms with Crippen molar-refractivity contribution in [2.75, 3.05) is 11.5 Å². The first-order valence-corrected chi connectivity index (χ1v) is 7.24. The largest absolute Gasteiger partial charge is 0.508 e. The molecule has 0 atom stereocenters. The van der Waals surface area contributed by atoms with Crippen LogP contribution >= 0.6 is 0 Å². The SMILES string of the molecule is Nc1nc(O)c(C(c2ccc(O)cc2)c2c(O)nc(N)[nH]c2=O)c(=O)[nH]1. The second-order valence-corrected chi connectivity index (χ2v) is 5.40. The summed E-state index contributed by atoms with van der Waals surface area (Å²) in [6, 6.07) is 5.44. The van der Waals surface area contributed by atoms with Crippen molar-refractivity contribution >= 4 is 11.9 Å². The Bertz CT molecular complexity index is 1020. The van der Waals surface area contributed by atoms with Crippen molar-refractivity contribution in [1.82, 2.24) is 19.9 Å². The number of aromatic nitrogens is 4. The van der Waals surface area contributed by atoms with Gasteiger partial charge in [0.25, 0.3) is 11.1 Å². The van der Waals surface area contributed by atoms with Crippen molar-refractivity contribution in [3.63, 3.8) is 0 Å². The van der Waals surface area contributed by atoms with Gasteiger partial charge in [0.1, 0.15) is 5.75 Å². The third kappa shape index (κ3) is 2.88. The highest BCUT2D eigenvalue weighted by atomic mass is 16.3. The fraction of sp³-hybridized carbons (Fsp3) is 0.0667. The lowest BCUT2D eigenvalue weighted by molar-refractivity contribution is 0.433. The van der Waals surface area contributed by atoms with Crippen molar-refractivity contribution in [3.8, 4) is 17.5 Å². The highest BCUT2D eigenvalue weighted by Gasteiger charge is 2.30. The zero-order valence-corrected chi connectivity index (χ0v) is 13.1. The van der Waals surface area contributed by atoms with Crippen LogP contribution in [-0.4, -0.2) is 35.3 Å². The Morgan fingerprint density at radius 1 is 0.808 bits per heavy atom. The Balaban J connectivity index is 2.38. The maximum absolute atomic E-state index is 12.4. The molecule has 2 heterocycles. The number of phenolic OH excluding ortho intramolecular Hbond substituents is 1. The molecule has 3 aromatic rings. The van der Waals surface area contributed by atoms with E-state index < -0.39 is 28.8 Å². The third-order valence-electron chi connectivity index (χ3n) is 3.71. The van der Waals surface area contributed by atoms with E-state index in [2.05, 4.69) is 19.9 Å². The topological polar surface area (TPSA) is 204 Å². The number of hydrogen-bond donors (Lipinski definition) is 7. The summed E-state index contributed by atoms with van der Waals surface area (Å²) in [5.41, 5.74) is 8.79. The number of hydrogen-bond acceptors (Lipinski definition) is 9. The molecule has 0 aliphatic carbocycles. The molecule has 9 N–H and O–H groups in total. The Labute approximate surface area is 144 Å². The smallest absolute Gasteiger partial charge is 0.260 e. The average Bonchev–Trinajstić information content (AvgIpc) is 2.52. The quantitative estimate of drug-likeness (QED) is 0.316. The monoisotopic (exact) mass is 358 g/mol. The zero-order valence-electron chi connectivity index (χ0n) is 13.1. The van der Waals surface area contributed by atoms with Crippen LogP contribution in [0.2, 0.25) is 0 Å². The molecule has 0 aliphatic heterocycles. The first-order chi connectivity index (χ1) is 12.3. The van der Waals surface area contributed by atoms with E-state index in [0.29, 0.717) is 5.56 Å². The van der Waals surface area contributed by atoms with Gasteiger partial charge in [0, 0.05) is 0 Å². The maximum Gasteiger partial charge on any atom is 0.260 e. The molecule has 0 amide bonds. The lowest BCUT2D eigenvalue weighted by atomic mass is 9.87. The van der Waals surface area contributed by atoms with Crippen LogP contribution < -0.4 is 22.6 Å². The van der Waals surface area contributed by atoms with Crippen molar-refractivity contribution in [2.45, 2.75) is 5.92 Å². The van der Waals surface area contributed by atoms with Gasteiger partial charge in [-0.1, -0.05) is 12.1 Å². The highest BCUT2D eigenvalue weighted by Crippen LogP contribution is 2.36. The number of rotatable bonds is 3. The minimum atomic E-state index is -1.26. The molecular formula is C15H14N6O5. The van der Waals surface area contributed by atoms with Gasteiger partial charge in [0.05, 0.1) is 17.0 Å². The van der Waals surface area contributed by atoms with E-state index in [1.54, 1.807) is 0 Å². The zero-order chi connectivity index (χ0) is 19.0. The van der Waals surface area contributed by atoms with Gasteiger partial charge >= 0.3 is 0 Å². The molecule has 11 heteroatoms. The van der Waals surface area contributed by atoms with Gasteiger partial charge in [0.15, 0.2) is 0 Å². The van der Waals surface area contributed by atoms with Crippen LogP contribution in [0.4, 0.5) is 11.9 Å². The number of aromatic amines is 2. The third-order valence-corrected chi connectivity index (χ3v) is 3.71. The molecule has 0 saturated heterocycles. The van der Waals surface area contributed by atoms with Crippen molar-refractivity contribution in [1.29, 1.82) is 0 Å². The van der Waals surface area contributed by atoms with Crippen LogP contribution in [0.1, 0.15) is 22.6 Å². The molecular weight excluding hydrogens is 344 g/mol. The van der Waals surface area contributed by atoms with Crippen LogP contribution in [-0.2, 0) is 0 Å². The van der Waals surface area contributed by atoms with Crippen molar-refractivity contribution < 1.29 is 15.3 Å². The second kappa shape index (κ2) is 6.12. The Morgan fingerprint density at radius 3 is 1.62 bits per heavy atom. The first kappa shape index (κ1) is 16.8. The fourth-order valence-electron chi connectivity index (χ4n) is 2.64. The van der Waals surface area contributed by atoms with Crippen LogP contribution in [0.5, 0.6) is 17.5 Å². The summed E-state index contributed by atoms with van der Waals surface area (Å²) in [4.78, 5) is 36.4. The summed E-state index contributed by atoms with van der Waals surface area (Å²) in [6.07, 6.45) is 0. The predicted octanol–water partition coefficient (Wildman–Crippen LogP) is -0.685. The van der Waals surface area contributed by atoms with Crippen LogP contribution in [0.15, 0.2) is 33.9 Å². The van der Waals surface area contributed by atoms with E-state index in [1.807, 2.05) is 0 Å². The van der Waals surface area contributed by atoms with Gasteiger partial charge in [-0.3, -0.25) is 19.6 Å². The van der Waals surface area contributed by atoms with Gasteiger partial charge in [-0.05, 0) is 17.7 Å². The number of nitrogens with one attached hydrogen (secondary N) is 2. The van der Waals surface area contributed by atoms with Gasteiger partial charge in [-0.15, -0.1) is 0 Å². The summed E-state index contributed by atoms with van der Waals surface area (Å²) in [5.74, 6) is -3.41. The van der Waals surface area contributed by atoms with Gasteiger partial charge in [-0.2, -0.15) is 9.97 Å². The van der Waals surface area contributed by atoms with Gasteiger partial charge in [-0.25, -0.2) is 0 Å². The Morgan fingerprint density at radius 2 is 1.23 bits per heavy atom. The number of H-pyrrole nitrogens is 2. The first-order valence-electron chi connectivity index (χ1n) is 7.24. The lowest BCUT2D eigenvalue weighted by Crippen LogP contribution is -2.26. The van der Waals surface area contributed by atoms with Crippen LogP contribution in [0.3, 0.4) is 0 Å². The molecule has 0 bridgehead atoms. The second-order valence-electron chi connectivity index (χ2n) is 5.40. The standard InChI is InChI=1S/C15H14N6O5/c16-14-18-10(23)8(11(24)19-14)7(5-1-3-6(22)4-2-5)9-12(25)20-15(17)21-13(9)26/h1-4,7,22H,(H4,16,18,19,23,24)(H4,17,20,21,25,26). The lowest BCUT2D eigenvalue weighted by Gasteiger charge is -2.18. The molecule has 0 fully saturated rings. The molecule has 0 radical (unpaired) electrons. The minimum absolute atomic E-state index is 0.0605. The van der Waals surface area contributed by atoms with Crippen molar-refractivity contribution in [2.24, 2.45) is 0 Å². The van der Waals surface area contributed by atoms with Crippen LogP contribution in [0.25, 0.3) is 0 Å². The molecule has 0 unspecified atom stereocenters. The summed E-state index contributed by atoms with van der Waals surface area (Å²) in [6.45, 7) is 0. The van der Waals surface area contributed by atoms with E-state index >= 15 is 0 Å². The van der Waals surface area contributed by atoms with Crippen molar-refractivity contribution in [3.05, 3.63) is 61.7 Å². The van der Waals surface area contributed by atoms with Gasteiger partial charge in [0.2, 0.25) is 23.7 Å². The number of aromatic hydroxyl groups is 3. The molecule has 2 aromatic heterocycles. The van der Waals surface area contributed by atoms with E-state index in [9.17, 15) is 24.9 Å². The number of nitrogens with zero attached hydrogens (tertiary/aromatic N) is 2. The molecule has 0 spiro atoms. The number of phenols is 1. The van der Waals surface area contributed by atoms with E-state index in [-0.39, 0.29) is 28.8 Å². The van der Waals surface area contributed by atoms with Crippen LogP contribution in [0, 0.1) is 0 Å². The van der Waals surface area contributed by atoms with E-state index in [0.717, 1.165) is 0 Å². The molecule has 26 heavy (non-hydrogen) atoms. The van der Waals surface area contributed by atoms with Gasteiger partial charge < -0.3 is 26.8 Å². The summed E-state index contributed by atoms with van der Waals surface area (Å²) >= 11 is 0. The Hall–Kier alpha value is -4.02. The molecule has 1 aromatic carbocycles. The fourth-order valence-corrected chi connectivity index (χ4v) is 2.64. The number of benzene rings is 1. The molecule has 0 aliphatic rings. The molecule has 11 nitrogen and oxygen atoms in total. The predicted molar refractivity (Wildman–Crippen MR) is 90.9 cm³/mol. The normalized spacial score (nSPS) is 11.0. The molecule has 0 saturated carbocycles. The van der Waals surface area contributed by atoms with E-state index in [4.69, 9.17) is 11.5 Å². The summed E-state index contributed by atoms with van der Waals surface area (Å²) in [5, 5.41) is 29.8. The number of nitrogens with two attached hydrogens (primary N) is 2. The maximum atomic E-state index is 12.4. The Kier molecular flexibility index (Phi) is 3.96. The minimum Gasteiger partial charge on any atom is -0.508 e. The summed E-state index contributed by atoms with van der Waals surface area (Å²) in [7, 11) is 0. The summed E-state index contributed by atoms with van der Waals surface area (Å²) < 4.78 is 0. The molecule has 3 rings (SSSR count). The number of anilines is 2. The molecule has 134 valence electrons.